The molecule has 0 atom stereocenters. The smallest absolute Gasteiger partial charge is 0.245 e. The molecule has 5 nitrogen and oxygen atoms in total. The Labute approximate surface area is 197 Å². The van der Waals surface area contributed by atoms with E-state index in [1.807, 2.05) is 30.3 Å². The van der Waals surface area contributed by atoms with E-state index in [0.717, 1.165) is 9.87 Å². The Morgan fingerprint density at radius 3 is 2.28 bits per heavy atom. The Bertz CT molecular complexity index is 1190. The molecule has 0 heterocycles. The number of anilines is 1. The minimum atomic E-state index is -4.13. The van der Waals surface area contributed by atoms with Gasteiger partial charge in [-0.2, -0.15) is 4.31 Å². The van der Waals surface area contributed by atoms with Crippen LogP contribution in [0, 0.1) is 5.82 Å². The second kappa shape index (κ2) is 10.4. The molecule has 3 rings (SSSR count). The van der Waals surface area contributed by atoms with E-state index in [-0.39, 0.29) is 21.5 Å². The van der Waals surface area contributed by atoms with Gasteiger partial charge in [0.25, 0.3) is 0 Å². The highest BCUT2D eigenvalue weighted by Gasteiger charge is 2.30. The molecule has 3 aromatic rings. The van der Waals surface area contributed by atoms with Crippen molar-refractivity contribution in [2.24, 2.45) is 0 Å². The molecule has 0 bridgehead atoms. The van der Waals surface area contributed by atoms with Crippen LogP contribution >= 0.6 is 23.2 Å². The quantitative estimate of drug-likeness (QED) is 0.441. The summed E-state index contributed by atoms with van der Waals surface area (Å²) in [4.78, 5) is 14.1. The van der Waals surface area contributed by atoms with Gasteiger partial charge in [0.1, 0.15) is 10.7 Å². The van der Waals surface area contributed by atoms with E-state index in [0.29, 0.717) is 12.1 Å². The van der Waals surface area contributed by atoms with E-state index >= 15 is 0 Å². The summed E-state index contributed by atoms with van der Waals surface area (Å²) in [6.45, 7) is -0.371. The van der Waals surface area contributed by atoms with Crippen LogP contribution in [0.15, 0.2) is 77.7 Å². The molecule has 0 aromatic heterocycles. The zero-order chi connectivity index (χ0) is 23.3. The third kappa shape index (κ3) is 5.86. The molecule has 0 fully saturated rings. The number of halogens is 3. The van der Waals surface area contributed by atoms with Gasteiger partial charge in [-0.3, -0.25) is 4.79 Å². The molecule has 0 N–H and O–H groups in total. The summed E-state index contributed by atoms with van der Waals surface area (Å²) in [6.07, 6.45) is 0.395. The molecule has 0 aliphatic carbocycles. The number of rotatable bonds is 8. The average molecular weight is 495 g/mol. The maximum atomic E-state index is 13.4. The first-order valence-electron chi connectivity index (χ1n) is 9.70. The fourth-order valence-electron chi connectivity index (χ4n) is 3.06. The van der Waals surface area contributed by atoms with Crippen molar-refractivity contribution in [3.8, 4) is 0 Å². The van der Waals surface area contributed by atoms with Gasteiger partial charge in [0, 0.05) is 24.3 Å². The predicted molar refractivity (Wildman–Crippen MR) is 125 cm³/mol. The fourth-order valence-corrected chi connectivity index (χ4v) is 5.19. The zero-order valence-corrected chi connectivity index (χ0v) is 19.5. The number of amides is 1. The van der Waals surface area contributed by atoms with E-state index in [4.69, 9.17) is 23.2 Å². The Morgan fingerprint density at radius 2 is 1.62 bits per heavy atom. The van der Waals surface area contributed by atoms with Crippen LogP contribution in [0.4, 0.5) is 10.1 Å². The molecule has 9 heteroatoms. The van der Waals surface area contributed by atoms with Crippen LogP contribution in [0.3, 0.4) is 0 Å². The van der Waals surface area contributed by atoms with Crippen molar-refractivity contribution in [3.05, 3.63) is 94.2 Å². The topological polar surface area (TPSA) is 57.7 Å². The monoisotopic (exact) mass is 494 g/mol. The van der Waals surface area contributed by atoms with Crippen LogP contribution < -0.4 is 4.90 Å². The lowest BCUT2D eigenvalue weighted by molar-refractivity contribution is -0.118. The number of likely N-dealkylation sites (N-methyl/N-ethyl adjacent to an activating group) is 1. The first kappa shape index (κ1) is 24.2. The van der Waals surface area contributed by atoms with Crippen LogP contribution in [0.5, 0.6) is 0 Å². The number of carbonyl (C=O) groups excluding carboxylic acids is 1. The van der Waals surface area contributed by atoms with Crippen LogP contribution in [-0.4, -0.2) is 38.8 Å². The van der Waals surface area contributed by atoms with Gasteiger partial charge >= 0.3 is 0 Å². The summed E-state index contributed by atoms with van der Waals surface area (Å²) in [7, 11) is -2.63. The molecular weight excluding hydrogens is 474 g/mol. The van der Waals surface area contributed by atoms with Crippen LogP contribution in [0.1, 0.15) is 5.56 Å². The number of hydrogen-bond acceptors (Lipinski definition) is 3. The standard InChI is InChI=1S/C23H21Cl2FN2O3S/c1-27(20-10-8-19(26)9-11-20)23(29)16-28(14-13-17-5-3-2-4-6-17)32(30,31)22-15-18(24)7-12-21(22)25/h2-12,15H,13-14,16H2,1H3. The molecule has 0 aliphatic rings. The first-order valence-corrected chi connectivity index (χ1v) is 11.9. The predicted octanol–water partition coefficient (Wildman–Crippen LogP) is 5.03. The maximum Gasteiger partial charge on any atom is 0.245 e. The molecule has 3 aromatic carbocycles. The lowest BCUT2D eigenvalue weighted by Gasteiger charge is -2.25. The summed E-state index contributed by atoms with van der Waals surface area (Å²) in [5.41, 5.74) is 1.36. The van der Waals surface area contributed by atoms with Gasteiger partial charge in [-0.25, -0.2) is 12.8 Å². The summed E-state index contributed by atoms with van der Waals surface area (Å²) >= 11 is 12.2. The molecule has 0 unspecified atom stereocenters. The molecule has 0 aliphatic heterocycles. The Kier molecular flexibility index (Phi) is 7.90. The van der Waals surface area contributed by atoms with E-state index < -0.39 is 28.3 Å². The number of benzene rings is 3. The Morgan fingerprint density at radius 1 is 0.969 bits per heavy atom. The van der Waals surface area contributed by atoms with Crippen LogP contribution in [-0.2, 0) is 21.2 Å². The molecule has 32 heavy (non-hydrogen) atoms. The van der Waals surface area contributed by atoms with Crippen molar-refractivity contribution in [1.82, 2.24) is 4.31 Å². The molecule has 0 saturated carbocycles. The molecule has 0 radical (unpaired) electrons. The van der Waals surface area contributed by atoms with Gasteiger partial charge in [0.05, 0.1) is 11.6 Å². The number of hydrogen-bond donors (Lipinski definition) is 0. The molecule has 0 saturated heterocycles. The van der Waals surface area contributed by atoms with Crippen LogP contribution in [0.25, 0.3) is 0 Å². The van der Waals surface area contributed by atoms with E-state index in [2.05, 4.69) is 0 Å². The third-order valence-electron chi connectivity index (χ3n) is 4.90. The van der Waals surface area contributed by atoms with Crippen molar-refractivity contribution in [1.29, 1.82) is 0 Å². The number of nitrogens with zero attached hydrogens (tertiary/aromatic N) is 2. The normalized spacial score (nSPS) is 11.5. The lowest BCUT2D eigenvalue weighted by atomic mass is 10.1. The largest absolute Gasteiger partial charge is 0.314 e. The highest BCUT2D eigenvalue weighted by molar-refractivity contribution is 7.89. The van der Waals surface area contributed by atoms with Gasteiger partial charge in [0.2, 0.25) is 15.9 Å². The van der Waals surface area contributed by atoms with Gasteiger partial charge in [-0.05, 0) is 54.4 Å². The van der Waals surface area contributed by atoms with E-state index in [1.165, 1.54) is 54.4 Å². The zero-order valence-electron chi connectivity index (χ0n) is 17.2. The summed E-state index contributed by atoms with van der Waals surface area (Å²) in [5.74, 6) is -0.913. The lowest BCUT2D eigenvalue weighted by Crippen LogP contribution is -2.42. The number of sulfonamides is 1. The molecule has 168 valence electrons. The molecular formula is C23H21Cl2FN2O3S. The molecule has 1 amide bonds. The summed E-state index contributed by atoms with van der Waals surface area (Å²) in [5, 5.41) is 0.226. The van der Waals surface area contributed by atoms with Gasteiger partial charge in [-0.1, -0.05) is 53.5 Å². The number of carbonyl (C=O) groups is 1. The van der Waals surface area contributed by atoms with E-state index in [9.17, 15) is 17.6 Å². The highest BCUT2D eigenvalue weighted by Crippen LogP contribution is 2.28. The van der Waals surface area contributed by atoms with Crippen LogP contribution in [0.2, 0.25) is 10.0 Å². The van der Waals surface area contributed by atoms with Gasteiger partial charge < -0.3 is 4.90 Å². The van der Waals surface area contributed by atoms with Crippen molar-refractivity contribution < 1.29 is 17.6 Å². The van der Waals surface area contributed by atoms with Gasteiger partial charge in [0.15, 0.2) is 0 Å². The second-order valence-electron chi connectivity index (χ2n) is 7.08. The highest BCUT2D eigenvalue weighted by atomic mass is 35.5. The Hall–Kier alpha value is -2.45. The van der Waals surface area contributed by atoms with Crippen molar-refractivity contribution in [2.45, 2.75) is 11.3 Å². The first-order chi connectivity index (χ1) is 15.2. The van der Waals surface area contributed by atoms with Gasteiger partial charge in [-0.15, -0.1) is 0 Å². The van der Waals surface area contributed by atoms with Crippen molar-refractivity contribution >= 4 is 44.8 Å². The SMILES string of the molecule is CN(C(=O)CN(CCc1ccccc1)S(=O)(=O)c1cc(Cl)ccc1Cl)c1ccc(F)cc1. The van der Waals surface area contributed by atoms with Crippen molar-refractivity contribution in [2.75, 3.05) is 25.0 Å². The third-order valence-corrected chi connectivity index (χ3v) is 7.47. The van der Waals surface area contributed by atoms with Crippen molar-refractivity contribution in [3.63, 3.8) is 0 Å². The molecule has 0 spiro atoms. The minimum absolute atomic E-state index is 0.0125. The average Bonchev–Trinajstić information content (AvgIpc) is 2.78. The summed E-state index contributed by atoms with van der Waals surface area (Å²) < 4.78 is 41.2. The summed E-state index contributed by atoms with van der Waals surface area (Å²) in [6, 6.07) is 18.9. The second-order valence-corrected chi connectivity index (χ2v) is 9.83. The Balaban J connectivity index is 1.90. The fraction of sp³-hybridized carbons (Fsp3) is 0.174. The maximum absolute atomic E-state index is 13.4. The minimum Gasteiger partial charge on any atom is -0.314 e. The van der Waals surface area contributed by atoms with E-state index in [1.54, 1.807) is 0 Å².